The molecule has 2 rings (SSSR count). The highest BCUT2D eigenvalue weighted by Gasteiger charge is 2.34. The van der Waals surface area contributed by atoms with Gasteiger partial charge in [-0.2, -0.15) is 0 Å². The molecule has 1 aromatic heterocycles. The highest BCUT2D eigenvalue weighted by molar-refractivity contribution is 5.85. The average molecular weight is 290 g/mol. The molecule has 1 heterocycles. The molecule has 0 aliphatic heterocycles. The second-order valence-electron chi connectivity index (χ2n) is 4.81. The molecule has 19 heavy (non-hydrogen) atoms. The molecule has 0 radical (unpaired) electrons. The smallest absolute Gasteiger partial charge is 0.223 e. The van der Waals surface area contributed by atoms with Crippen LogP contribution in [0.3, 0.4) is 0 Å². The van der Waals surface area contributed by atoms with Crippen molar-refractivity contribution in [3.05, 3.63) is 11.9 Å². The number of carbonyl (C=O) groups is 1. The molecule has 0 saturated heterocycles. The first-order chi connectivity index (χ1) is 8.56. The molecule has 1 aliphatic carbocycles. The summed E-state index contributed by atoms with van der Waals surface area (Å²) in [7, 11) is 0. The van der Waals surface area contributed by atoms with Crippen molar-refractivity contribution in [1.82, 2.24) is 20.3 Å². The maximum absolute atomic E-state index is 11.8. The van der Waals surface area contributed by atoms with E-state index in [9.17, 15) is 9.90 Å². The molecule has 108 valence electrons. The van der Waals surface area contributed by atoms with Crippen molar-refractivity contribution in [2.75, 3.05) is 6.54 Å². The van der Waals surface area contributed by atoms with Crippen LogP contribution in [0, 0.1) is 12.8 Å². The van der Waals surface area contributed by atoms with Crippen LogP contribution < -0.4 is 11.1 Å². The molecule has 1 fully saturated rings. The average Bonchev–Trinajstić information content (AvgIpc) is 2.87. The molecule has 0 bridgehead atoms. The lowest BCUT2D eigenvalue weighted by Crippen LogP contribution is -2.32. The lowest BCUT2D eigenvalue weighted by atomic mass is 10.1. The number of nitrogens with one attached hydrogen (secondary N) is 1. The summed E-state index contributed by atoms with van der Waals surface area (Å²) in [5.74, 6) is -0.216. The van der Waals surface area contributed by atoms with Gasteiger partial charge in [0.15, 0.2) is 0 Å². The van der Waals surface area contributed by atoms with Crippen LogP contribution in [0.15, 0.2) is 6.20 Å². The van der Waals surface area contributed by atoms with Crippen molar-refractivity contribution in [1.29, 1.82) is 0 Å². The molecule has 4 N–H and O–H groups in total. The molecular formula is C11H20ClN5O2. The van der Waals surface area contributed by atoms with Gasteiger partial charge in [0.25, 0.3) is 0 Å². The lowest BCUT2D eigenvalue weighted by Gasteiger charge is -2.10. The minimum absolute atomic E-state index is 0. The first-order valence-electron chi connectivity index (χ1n) is 6.14. The molecule has 7 nitrogen and oxygen atoms in total. The number of aliphatic hydroxyl groups is 1. The molecule has 3 atom stereocenters. The van der Waals surface area contributed by atoms with Gasteiger partial charge in [0, 0.05) is 24.7 Å². The predicted octanol–water partition coefficient (Wildman–Crippen LogP) is -0.777. The van der Waals surface area contributed by atoms with Crippen LogP contribution in [0.4, 0.5) is 0 Å². The standard InChI is InChI=1S/C11H19N5O2.ClH/c1-7-6-16(15-14-7)3-2-13-11(18)8-4-9(12)10(17)5-8;/h6,8-10,17H,2-5,12H2,1H3,(H,13,18);1H/t8-,9-,10-;/m0./s1. The summed E-state index contributed by atoms with van der Waals surface area (Å²) in [5.41, 5.74) is 6.53. The topological polar surface area (TPSA) is 106 Å². The van der Waals surface area contributed by atoms with E-state index in [1.807, 2.05) is 13.1 Å². The fraction of sp³-hybridized carbons (Fsp3) is 0.727. The summed E-state index contributed by atoms with van der Waals surface area (Å²) < 4.78 is 1.69. The zero-order valence-electron chi connectivity index (χ0n) is 10.8. The minimum Gasteiger partial charge on any atom is -0.391 e. The van der Waals surface area contributed by atoms with Gasteiger partial charge in [0.05, 0.1) is 18.3 Å². The Bertz CT molecular complexity index is 415. The molecule has 1 aliphatic rings. The Hall–Kier alpha value is -1.18. The number of nitrogens with two attached hydrogens (primary N) is 1. The van der Waals surface area contributed by atoms with Gasteiger partial charge in [0.1, 0.15) is 0 Å². The van der Waals surface area contributed by atoms with Crippen molar-refractivity contribution in [2.24, 2.45) is 11.7 Å². The summed E-state index contributed by atoms with van der Waals surface area (Å²) in [6.45, 7) is 2.96. The third-order valence-electron chi connectivity index (χ3n) is 3.24. The first kappa shape index (κ1) is 15.9. The molecule has 0 aromatic carbocycles. The molecular weight excluding hydrogens is 270 g/mol. The van der Waals surface area contributed by atoms with Gasteiger partial charge in [0.2, 0.25) is 5.91 Å². The summed E-state index contributed by atoms with van der Waals surface area (Å²) in [5, 5.41) is 20.1. The van der Waals surface area contributed by atoms with E-state index in [1.165, 1.54) is 0 Å². The van der Waals surface area contributed by atoms with Crippen molar-refractivity contribution >= 4 is 18.3 Å². The van der Waals surface area contributed by atoms with Crippen molar-refractivity contribution < 1.29 is 9.90 Å². The monoisotopic (exact) mass is 289 g/mol. The predicted molar refractivity (Wildman–Crippen MR) is 71.7 cm³/mol. The van der Waals surface area contributed by atoms with E-state index in [0.29, 0.717) is 25.9 Å². The number of halogens is 1. The lowest BCUT2D eigenvalue weighted by molar-refractivity contribution is -0.125. The fourth-order valence-electron chi connectivity index (χ4n) is 2.20. The molecule has 1 aromatic rings. The van der Waals surface area contributed by atoms with Crippen LogP contribution >= 0.6 is 12.4 Å². The molecule has 1 saturated carbocycles. The summed E-state index contributed by atoms with van der Waals surface area (Å²) >= 11 is 0. The van der Waals surface area contributed by atoms with Crippen molar-refractivity contribution in [2.45, 2.75) is 38.5 Å². The quantitative estimate of drug-likeness (QED) is 0.674. The zero-order valence-corrected chi connectivity index (χ0v) is 11.6. The summed E-state index contributed by atoms with van der Waals surface area (Å²) in [6.07, 6.45) is 2.27. The van der Waals surface area contributed by atoms with E-state index < -0.39 is 6.10 Å². The third kappa shape index (κ3) is 4.15. The number of hydrogen-bond acceptors (Lipinski definition) is 5. The SMILES string of the molecule is Cc1cn(CCNC(=O)[C@H]2C[C@H](N)[C@@H](O)C2)nn1.Cl. The Balaban J connectivity index is 0.00000180. The normalized spacial score (nSPS) is 25.9. The van der Waals surface area contributed by atoms with Crippen LogP contribution in [0.5, 0.6) is 0 Å². The van der Waals surface area contributed by atoms with Gasteiger partial charge >= 0.3 is 0 Å². The highest BCUT2D eigenvalue weighted by Crippen LogP contribution is 2.24. The van der Waals surface area contributed by atoms with E-state index in [2.05, 4.69) is 15.6 Å². The van der Waals surface area contributed by atoms with Crippen LogP contribution in [-0.2, 0) is 11.3 Å². The Morgan fingerprint density at radius 2 is 2.37 bits per heavy atom. The maximum atomic E-state index is 11.8. The minimum atomic E-state index is -0.557. The van der Waals surface area contributed by atoms with Gasteiger partial charge in [-0.15, -0.1) is 17.5 Å². The number of amides is 1. The van der Waals surface area contributed by atoms with Crippen molar-refractivity contribution in [3.63, 3.8) is 0 Å². The van der Waals surface area contributed by atoms with Crippen LogP contribution in [0.2, 0.25) is 0 Å². The summed E-state index contributed by atoms with van der Waals surface area (Å²) in [4.78, 5) is 11.8. The Morgan fingerprint density at radius 1 is 1.63 bits per heavy atom. The maximum Gasteiger partial charge on any atom is 0.223 e. The largest absolute Gasteiger partial charge is 0.391 e. The number of aromatic nitrogens is 3. The highest BCUT2D eigenvalue weighted by atomic mass is 35.5. The van der Waals surface area contributed by atoms with Crippen molar-refractivity contribution in [3.8, 4) is 0 Å². The van der Waals surface area contributed by atoms with Gasteiger partial charge in [-0.1, -0.05) is 5.21 Å². The number of aliphatic hydroxyl groups excluding tert-OH is 1. The van der Waals surface area contributed by atoms with Crippen LogP contribution in [0.25, 0.3) is 0 Å². The number of nitrogens with zero attached hydrogens (tertiary/aromatic N) is 3. The van der Waals surface area contributed by atoms with Crippen LogP contribution in [0.1, 0.15) is 18.5 Å². The number of carbonyl (C=O) groups excluding carboxylic acids is 1. The molecule has 8 heteroatoms. The number of rotatable bonds is 4. The molecule has 0 spiro atoms. The fourth-order valence-corrected chi connectivity index (χ4v) is 2.20. The number of hydrogen-bond donors (Lipinski definition) is 3. The van der Waals surface area contributed by atoms with E-state index in [0.717, 1.165) is 5.69 Å². The third-order valence-corrected chi connectivity index (χ3v) is 3.24. The van der Waals surface area contributed by atoms with Gasteiger partial charge < -0.3 is 16.2 Å². The Labute approximate surface area is 118 Å². The van der Waals surface area contributed by atoms with Gasteiger partial charge in [-0.05, 0) is 19.8 Å². The van der Waals surface area contributed by atoms with E-state index in [-0.39, 0.29) is 30.3 Å². The zero-order chi connectivity index (χ0) is 13.1. The molecule has 1 amide bonds. The second kappa shape index (κ2) is 6.83. The molecule has 0 unspecified atom stereocenters. The Morgan fingerprint density at radius 3 is 2.89 bits per heavy atom. The summed E-state index contributed by atoms with van der Waals surface area (Å²) in [6, 6.07) is -0.279. The van der Waals surface area contributed by atoms with E-state index >= 15 is 0 Å². The van der Waals surface area contributed by atoms with Gasteiger partial charge in [-0.25, -0.2) is 0 Å². The van der Waals surface area contributed by atoms with Crippen LogP contribution in [-0.4, -0.2) is 44.7 Å². The van der Waals surface area contributed by atoms with E-state index in [4.69, 9.17) is 5.73 Å². The van der Waals surface area contributed by atoms with Gasteiger partial charge in [-0.3, -0.25) is 9.48 Å². The Kier molecular flexibility index (Phi) is 5.71. The van der Waals surface area contributed by atoms with E-state index in [1.54, 1.807) is 4.68 Å². The number of aryl methyl sites for hydroxylation is 1. The second-order valence-corrected chi connectivity index (χ2v) is 4.81. The first-order valence-corrected chi connectivity index (χ1v) is 6.14.